The number of hydrogen-bond acceptors (Lipinski definition) is 4. The molecule has 0 amide bonds. The number of fused-ring (bicyclic) bond motifs is 1. The van der Waals surface area contributed by atoms with Crippen molar-refractivity contribution < 1.29 is 0 Å². The van der Waals surface area contributed by atoms with Crippen LogP contribution >= 0.6 is 11.8 Å². The molecule has 0 bridgehead atoms. The third kappa shape index (κ3) is 2.62. The molecule has 19 heavy (non-hydrogen) atoms. The molecule has 0 atom stereocenters. The van der Waals surface area contributed by atoms with E-state index in [0.29, 0.717) is 6.54 Å². The van der Waals surface area contributed by atoms with E-state index < -0.39 is 0 Å². The number of nitrogens with one attached hydrogen (secondary N) is 1. The summed E-state index contributed by atoms with van der Waals surface area (Å²) in [7, 11) is 0. The molecule has 4 nitrogen and oxygen atoms in total. The molecule has 3 rings (SSSR count). The lowest BCUT2D eigenvalue weighted by atomic mass is 10.1. The molecular weight excluding hydrogens is 256 g/mol. The van der Waals surface area contributed by atoms with Gasteiger partial charge in [-0.15, -0.1) is 0 Å². The first-order chi connectivity index (χ1) is 9.36. The highest BCUT2D eigenvalue weighted by Gasteiger charge is 2.09. The van der Waals surface area contributed by atoms with Crippen LogP contribution in [-0.4, -0.2) is 21.5 Å². The number of aromatic nitrogens is 3. The molecule has 0 saturated carbocycles. The number of pyridine rings is 1. The van der Waals surface area contributed by atoms with Crippen molar-refractivity contribution in [2.45, 2.75) is 16.6 Å². The van der Waals surface area contributed by atoms with E-state index in [0.717, 1.165) is 27.5 Å². The first kappa shape index (κ1) is 12.2. The summed E-state index contributed by atoms with van der Waals surface area (Å²) in [5.74, 6) is 0. The predicted molar refractivity (Wildman–Crippen MR) is 77.2 cm³/mol. The Labute approximate surface area is 115 Å². The minimum atomic E-state index is 0.617. The second-order valence-electron chi connectivity index (χ2n) is 4.18. The molecule has 3 aromatic rings. The number of H-pyrrole nitrogens is 1. The van der Waals surface area contributed by atoms with Crippen molar-refractivity contribution in [3.63, 3.8) is 0 Å². The first-order valence-corrected chi connectivity index (χ1v) is 6.94. The zero-order valence-electron chi connectivity index (χ0n) is 10.3. The average Bonchev–Trinajstić information content (AvgIpc) is 2.93. The van der Waals surface area contributed by atoms with Crippen LogP contribution in [0.2, 0.25) is 0 Å². The third-order valence-corrected chi connectivity index (χ3v) is 3.81. The Kier molecular flexibility index (Phi) is 3.48. The van der Waals surface area contributed by atoms with Crippen LogP contribution in [0.4, 0.5) is 0 Å². The maximum atomic E-state index is 5.69. The summed E-state index contributed by atoms with van der Waals surface area (Å²) in [6.07, 6.45) is 4.37. The number of rotatable bonds is 4. The zero-order chi connectivity index (χ0) is 13.1. The van der Waals surface area contributed by atoms with Gasteiger partial charge in [0.05, 0.1) is 5.52 Å². The van der Waals surface area contributed by atoms with Crippen LogP contribution < -0.4 is 5.73 Å². The van der Waals surface area contributed by atoms with Crippen molar-refractivity contribution in [1.82, 2.24) is 15.0 Å². The van der Waals surface area contributed by atoms with Gasteiger partial charge in [0.25, 0.3) is 0 Å². The van der Waals surface area contributed by atoms with Gasteiger partial charge in [0.1, 0.15) is 5.03 Å². The van der Waals surface area contributed by atoms with Crippen LogP contribution in [0.5, 0.6) is 0 Å². The van der Waals surface area contributed by atoms with Gasteiger partial charge in [0.15, 0.2) is 5.16 Å². The Morgan fingerprint density at radius 3 is 2.95 bits per heavy atom. The molecule has 0 aliphatic rings. The Bertz CT molecular complexity index is 679. The topological polar surface area (TPSA) is 67.6 Å². The lowest BCUT2D eigenvalue weighted by Crippen LogP contribution is -2.05. The van der Waals surface area contributed by atoms with E-state index in [2.05, 4.69) is 22.1 Å². The van der Waals surface area contributed by atoms with Crippen molar-refractivity contribution in [2.24, 2.45) is 5.73 Å². The van der Waals surface area contributed by atoms with E-state index in [1.54, 1.807) is 18.0 Å². The third-order valence-electron chi connectivity index (χ3n) is 2.84. The van der Waals surface area contributed by atoms with E-state index in [9.17, 15) is 0 Å². The lowest BCUT2D eigenvalue weighted by Gasteiger charge is -2.08. The molecule has 0 unspecified atom stereocenters. The lowest BCUT2D eigenvalue weighted by molar-refractivity contribution is 0.918. The van der Waals surface area contributed by atoms with Crippen molar-refractivity contribution in [3.8, 4) is 0 Å². The Morgan fingerprint density at radius 1 is 1.26 bits per heavy atom. The smallest absolute Gasteiger partial charge is 0.171 e. The molecular formula is C14H14N4S. The van der Waals surface area contributed by atoms with Crippen LogP contribution in [0.1, 0.15) is 5.56 Å². The van der Waals surface area contributed by atoms with Gasteiger partial charge in [-0.1, -0.05) is 18.2 Å². The maximum absolute atomic E-state index is 5.69. The average molecular weight is 270 g/mol. The van der Waals surface area contributed by atoms with Crippen LogP contribution in [0, 0.1) is 0 Å². The molecule has 5 heteroatoms. The predicted octanol–water partition coefficient (Wildman–Crippen LogP) is 2.61. The molecule has 0 spiro atoms. The van der Waals surface area contributed by atoms with Gasteiger partial charge >= 0.3 is 0 Å². The van der Waals surface area contributed by atoms with Crippen LogP contribution in [0.25, 0.3) is 10.9 Å². The number of aromatic amines is 1. The molecule has 3 N–H and O–H groups in total. The summed E-state index contributed by atoms with van der Waals surface area (Å²) in [6.45, 7) is 0.617. The monoisotopic (exact) mass is 270 g/mol. The Hall–Kier alpha value is -1.85. The molecule has 1 aromatic carbocycles. The van der Waals surface area contributed by atoms with Gasteiger partial charge in [-0.2, -0.15) is 0 Å². The van der Waals surface area contributed by atoms with Gasteiger partial charge in [-0.25, -0.2) is 9.97 Å². The molecule has 0 fully saturated rings. The minimum Gasteiger partial charge on any atom is -0.339 e. The largest absolute Gasteiger partial charge is 0.339 e. The summed E-state index contributed by atoms with van der Waals surface area (Å²) in [5.41, 5.74) is 7.85. The number of nitrogens with two attached hydrogens (primary N) is 1. The van der Waals surface area contributed by atoms with Gasteiger partial charge in [0.2, 0.25) is 0 Å². The maximum Gasteiger partial charge on any atom is 0.171 e. The van der Waals surface area contributed by atoms with Crippen molar-refractivity contribution in [2.75, 3.05) is 6.54 Å². The molecule has 0 saturated heterocycles. The van der Waals surface area contributed by atoms with Crippen molar-refractivity contribution in [1.29, 1.82) is 0 Å². The number of nitrogens with zero attached hydrogens (tertiary/aromatic N) is 2. The van der Waals surface area contributed by atoms with Crippen LogP contribution in [0.15, 0.2) is 52.9 Å². The van der Waals surface area contributed by atoms with Gasteiger partial charge in [-0.3, -0.25) is 0 Å². The van der Waals surface area contributed by atoms with E-state index >= 15 is 0 Å². The van der Waals surface area contributed by atoms with Crippen molar-refractivity contribution in [3.05, 3.63) is 48.3 Å². The summed E-state index contributed by atoms with van der Waals surface area (Å²) in [5, 5.41) is 2.97. The number of imidazole rings is 1. The van der Waals surface area contributed by atoms with E-state index in [1.165, 1.54) is 5.56 Å². The SMILES string of the molecule is NCCc1cc2ccccc2nc1Sc1ncc[nH]1. The number of hydrogen-bond donors (Lipinski definition) is 2. The highest BCUT2D eigenvalue weighted by molar-refractivity contribution is 7.99. The Morgan fingerprint density at radius 2 is 2.16 bits per heavy atom. The normalized spacial score (nSPS) is 11.0. The highest BCUT2D eigenvalue weighted by Crippen LogP contribution is 2.29. The number of benzene rings is 1. The van der Waals surface area contributed by atoms with E-state index in [1.807, 2.05) is 24.4 Å². The Balaban J connectivity index is 2.06. The van der Waals surface area contributed by atoms with Crippen LogP contribution in [0.3, 0.4) is 0 Å². The van der Waals surface area contributed by atoms with Gasteiger partial charge in [0, 0.05) is 17.8 Å². The quantitative estimate of drug-likeness (QED) is 0.764. The fraction of sp³-hybridized carbons (Fsp3) is 0.143. The summed E-state index contributed by atoms with van der Waals surface area (Å²) < 4.78 is 0. The standard InChI is InChI=1S/C14H14N4S/c15-6-5-11-9-10-3-1-2-4-12(10)18-13(11)19-14-16-7-8-17-14/h1-4,7-9H,5-6,15H2,(H,16,17). The van der Waals surface area contributed by atoms with E-state index in [-0.39, 0.29) is 0 Å². The second kappa shape index (κ2) is 5.42. The molecule has 2 aromatic heterocycles. The minimum absolute atomic E-state index is 0.617. The van der Waals surface area contributed by atoms with E-state index in [4.69, 9.17) is 10.7 Å². The summed E-state index contributed by atoms with van der Waals surface area (Å²) >= 11 is 1.54. The molecule has 0 aliphatic carbocycles. The molecule has 2 heterocycles. The fourth-order valence-corrected chi connectivity index (χ4v) is 2.82. The van der Waals surface area contributed by atoms with Gasteiger partial charge < -0.3 is 10.7 Å². The molecule has 0 radical (unpaired) electrons. The second-order valence-corrected chi connectivity index (χ2v) is 5.16. The van der Waals surface area contributed by atoms with Gasteiger partial charge in [-0.05, 0) is 42.4 Å². The highest BCUT2D eigenvalue weighted by atomic mass is 32.2. The number of para-hydroxylation sites is 1. The van der Waals surface area contributed by atoms with Crippen LogP contribution in [-0.2, 0) is 6.42 Å². The fourth-order valence-electron chi connectivity index (χ4n) is 1.96. The van der Waals surface area contributed by atoms with Crippen molar-refractivity contribution >= 4 is 22.7 Å². The summed E-state index contributed by atoms with van der Waals surface area (Å²) in [4.78, 5) is 12.0. The first-order valence-electron chi connectivity index (χ1n) is 6.13. The summed E-state index contributed by atoms with van der Waals surface area (Å²) in [6, 6.07) is 10.3. The molecule has 0 aliphatic heterocycles. The molecule has 96 valence electrons. The zero-order valence-corrected chi connectivity index (χ0v) is 11.2.